The fourth-order valence-corrected chi connectivity index (χ4v) is 1.66. The molecule has 0 aromatic carbocycles. The van der Waals surface area contributed by atoms with Gasteiger partial charge in [0.2, 0.25) is 0 Å². The molecule has 2 rings (SSSR count). The largest absolute Gasteiger partial charge is 0.371 e. The molecule has 1 atom stereocenters. The van der Waals surface area contributed by atoms with Gasteiger partial charge >= 0.3 is 0 Å². The molecule has 0 spiro atoms. The van der Waals surface area contributed by atoms with Crippen LogP contribution in [0.25, 0.3) is 5.65 Å². The standard InChI is InChI=1S/C14H21N3/c1-11(14(2,3)4)10-16-13-7-5-6-12-15-8-9-17(12)13/h5-9,11,16H,10H2,1-4H3. The normalized spacial score (nSPS) is 13.9. The molecule has 17 heavy (non-hydrogen) atoms. The van der Waals surface area contributed by atoms with Crippen molar-refractivity contribution in [2.75, 3.05) is 11.9 Å². The van der Waals surface area contributed by atoms with E-state index in [2.05, 4.69) is 48.5 Å². The molecule has 2 aromatic heterocycles. The van der Waals surface area contributed by atoms with Gasteiger partial charge in [-0.25, -0.2) is 4.98 Å². The number of anilines is 1. The lowest BCUT2D eigenvalue weighted by Crippen LogP contribution is -2.25. The Morgan fingerprint density at radius 3 is 2.82 bits per heavy atom. The molecular weight excluding hydrogens is 210 g/mol. The molecule has 0 bridgehead atoms. The molecule has 0 saturated heterocycles. The third kappa shape index (κ3) is 2.60. The number of rotatable bonds is 3. The Balaban J connectivity index is 2.12. The van der Waals surface area contributed by atoms with Crippen LogP contribution in [0, 0.1) is 11.3 Å². The molecule has 0 fully saturated rings. The van der Waals surface area contributed by atoms with Gasteiger partial charge < -0.3 is 5.32 Å². The maximum Gasteiger partial charge on any atom is 0.138 e. The molecule has 2 aromatic rings. The van der Waals surface area contributed by atoms with E-state index in [9.17, 15) is 0 Å². The average Bonchev–Trinajstić information content (AvgIpc) is 2.72. The summed E-state index contributed by atoms with van der Waals surface area (Å²) in [6, 6.07) is 6.13. The third-order valence-corrected chi connectivity index (χ3v) is 3.50. The molecule has 0 aliphatic carbocycles. The van der Waals surface area contributed by atoms with Crippen LogP contribution in [0.2, 0.25) is 0 Å². The van der Waals surface area contributed by atoms with E-state index in [0.717, 1.165) is 18.0 Å². The van der Waals surface area contributed by atoms with E-state index in [0.29, 0.717) is 11.3 Å². The van der Waals surface area contributed by atoms with Crippen molar-refractivity contribution in [1.82, 2.24) is 9.38 Å². The van der Waals surface area contributed by atoms with E-state index < -0.39 is 0 Å². The van der Waals surface area contributed by atoms with Crippen molar-refractivity contribution in [1.29, 1.82) is 0 Å². The Morgan fingerprint density at radius 1 is 1.35 bits per heavy atom. The predicted molar refractivity (Wildman–Crippen MR) is 72.3 cm³/mol. The van der Waals surface area contributed by atoms with E-state index in [1.807, 2.05) is 24.5 Å². The highest BCUT2D eigenvalue weighted by Crippen LogP contribution is 2.25. The fourth-order valence-electron chi connectivity index (χ4n) is 1.66. The van der Waals surface area contributed by atoms with Gasteiger partial charge in [-0.05, 0) is 23.5 Å². The number of nitrogens with one attached hydrogen (secondary N) is 1. The third-order valence-electron chi connectivity index (χ3n) is 3.50. The lowest BCUT2D eigenvalue weighted by Gasteiger charge is -2.27. The summed E-state index contributed by atoms with van der Waals surface area (Å²) in [5.41, 5.74) is 1.31. The van der Waals surface area contributed by atoms with Crippen molar-refractivity contribution in [3.63, 3.8) is 0 Å². The van der Waals surface area contributed by atoms with Gasteiger partial charge in [-0.1, -0.05) is 33.8 Å². The maximum atomic E-state index is 4.28. The zero-order chi connectivity index (χ0) is 12.5. The zero-order valence-corrected chi connectivity index (χ0v) is 11.1. The summed E-state index contributed by atoms with van der Waals surface area (Å²) in [5, 5.41) is 3.50. The Hall–Kier alpha value is -1.51. The molecule has 3 nitrogen and oxygen atoms in total. The number of fused-ring (bicyclic) bond motifs is 1. The Bertz CT molecular complexity index is 493. The first-order chi connectivity index (χ1) is 7.98. The first kappa shape index (κ1) is 12.0. The van der Waals surface area contributed by atoms with Crippen LogP contribution in [0.1, 0.15) is 27.7 Å². The van der Waals surface area contributed by atoms with Gasteiger partial charge in [0, 0.05) is 18.9 Å². The van der Waals surface area contributed by atoms with Gasteiger partial charge in [0.15, 0.2) is 0 Å². The molecule has 2 heterocycles. The lowest BCUT2D eigenvalue weighted by atomic mass is 9.82. The SMILES string of the molecule is CC(CNc1cccc2nccn12)C(C)(C)C. The van der Waals surface area contributed by atoms with E-state index in [1.165, 1.54) is 0 Å². The van der Waals surface area contributed by atoms with Crippen LogP contribution in [-0.4, -0.2) is 15.9 Å². The van der Waals surface area contributed by atoms with Crippen LogP contribution in [0.3, 0.4) is 0 Å². The average molecular weight is 231 g/mol. The second-order valence-corrected chi connectivity index (χ2v) is 5.71. The minimum Gasteiger partial charge on any atom is -0.371 e. The summed E-state index contributed by atoms with van der Waals surface area (Å²) in [7, 11) is 0. The van der Waals surface area contributed by atoms with Crippen molar-refractivity contribution >= 4 is 11.5 Å². The first-order valence-electron chi connectivity index (χ1n) is 6.14. The zero-order valence-electron chi connectivity index (χ0n) is 11.1. The van der Waals surface area contributed by atoms with Crippen LogP contribution < -0.4 is 5.32 Å². The molecule has 1 unspecified atom stereocenters. The second kappa shape index (κ2) is 4.40. The van der Waals surface area contributed by atoms with Crippen molar-refractivity contribution in [2.45, 2.75) is 27.7 Å². The van der Waals surface area contributed by atoms with Gasteiger partial charge in [-0.2, -0.15) is 0 Å². The topological polar surface area (TPSA) is 29.3 Å². The quantitative estimate of drug-likeness (QED) is 0.877. The van der Waals surface area contributed by atoms with Gasteiger partial charge in [0.25, 0.3) is 0 Å². The number of hydrogen-bond donors (Lipinski definition) is 1. The summed E-state index contributed by atoms with van der Waals surface area (Å²) in [5.74, 6) is 1.72. The number of imidazole rings is 1. The molecular formula is C14H21N3. The minimum atomic E-state index is 0.329. The highest BCUT2D eigenvalue weighted by molar-refractivity contribution is 5.49. The van der Waals surface area contributed by atoms with Crippen LogP contribution in [0.4, 0.5) is 5.82 Å². The Kier molecular flexibility index (Phi) is 3.09. The molecule has 0 radical (unpaired) electrons. The van der Waals surface area contributed by atoms with E-state index in [4.69, 9.17) is 0 Å². The Labute approximate surface area is 103 Å². The van der Waals surface area contributed by atoms with Crippen LogP contribution >= 0.6 is 0 Å². The number of nitrogens with zero attached hydrogens (tertiary/aromatic N) is 2. The van der Waals surface area contributed by atoms with Gasteiger partial charge in [-0.3, -0.25) is 4.40 Å². The summed E-state index contributed by atoms with van der Waals surface area (Å²) in [6.07, 6.45) is 3.81. The van der Waals surface area contributed by atoms with Crippen molar-refractivity contribution < 1.29 is 0 Å². The van der Waals surface area contributed by atoms with Gasteiger partial charge in [-0.15, -0.1) is 0 Å². The monoisotopic (exact) mass is 231 g/mol. The molecule has 3 heteroatoms. The van der Waals surface area contributed by atoms with E-state index >= 15 is 0 Å². The van der Waals surface area contributed by atoms with Gasteiger partial charge in [0.05, 0.1) is 0 Å². The number of pyridine rings is 1. The van der Waals surface area contributed by atoms with Crippen LogP contribution in [-0.2, 0) is 0 Å². The minimum absolute atomic E-state index is 0.329. The molecule has 0 amide bonds. The van der Waals surface area contributed by atoms with Crippen molar-refractivity contribution in [2.24, 2.45) is 11.3 Å². The predicted octanol–water partition coefficient (Wildman–Crippen LogP) is 3.43. The summed E-state index contributed by atoms with van der Waals surface area (Å²) in [6.45, 7) is 10.1. The van der Waals surface area contributed by atoms with Crippen molar-refractivity contribution in [3.8, 4) is 0 Å². The van der Waals surface area contributed by atoms with E-state index in [1.54, 1.807) is 0 Å². The molecule has 0 aliphatic heterocycles. The smallest absolute Gasteiger partial charge is 0.138 e. The second-order valence-electron chi connectivity index (χ2n) is 5.71. The lowest BCUT2D eigenvalue weighted by molar-refractivity contribution is 0.274. The molecule has 92 valence electrons. The van der Waals surface area contributed by atoms with Crippen LogP contribution in [0.15, 0.2) is 30.6 Å². The molecule has 0 aliphatic rings. The highest BCUT2D eigenvalue weighted by atomic mass is 15.1. The summed E-state index contributed by atoms with van der Waals surface area (Å²) >= 11 is 0. The van der Waals surface area contributed by atoms with E-state index in [-0.39, 0.29) is 0 Å². The van der Waals surface area contributed by atoms with Crippen molar-refractivity contribution in [3.05, 3.63) is 30.6 Å². The Morgan fingerprint density at radius 2 is 2.12 bits per heavy atom. The first-order valence-corrected chi connectivity index (χ1v) is 6.14. The summed E-state index contributed by atoms with van der Waals surface area (Å²) < 4.78 is 2.08. The maximum absolute atomic E-state index is 4.28. The summed E-state index contributed by atoms with van der Waals surface area (Å²) in [4.78, 5) is 4.28. The van der Waals surface area contributed by atoms with Crippen LogP contribution in [0.5, 0.6) is 0 Å². The molecule has 0 saturated carbocycles. The van der Waals surface area contributed by atoms with Gasteiger partial charge in [0.1, 0.15) is 11.5 Å². The highest BCUT2D eigenvalue weighted by Gasteiger charge is 2.19. The number of hydrogen-bond acceptors (Lipinski definition) is 2. The fraction of sp³-hybridized carbons (Fsp3) is 0.500. The number of aromatic nitrogens is 2. The molecule has 1 N–H and O–H groups in total.